The lowest BCUT2D eigenvalue weighted by molar-refractivity contribution is -0.0498. The van der Waals surface area contributed by atoms with Crippen molar-refractivity contribution < 1.29 is 13.5 Å². The first kappa shape index (κ1) is 13.0. The van der Waals surface area contributed by atoms with Crippen LogP contribution in [-0.4, -0.2) is 6.61 Å². The first-order valence-corrected chi connectivity index (χ1v) is 5.02. The first-order chi connectivity index (χ1) is 8.08. The molecule has 0 bridgehead atoms. The van der Waals surface area contributed by atoms with Gasteiger partial charge >= 0.3 is 6.61 Å². The molecule has 0 fully saturated rings. The Morgan fingerprint density at radius 3 is 2.41 bits per heavy atom. The Morgan fingerprint density at radius 2 is 2.00 bits per heavy atom. The summed E-state index contributed by atoms with van der Waals surface area (Å²) in [7, 11) is 0. The summed E-state index contributed by atoms with van der Waals surface area (Å²) < 4.78 is 28.0. The molecule has 5 heteroatoms. The highest BCUT2D eigenvalue weighted by atomic mass is 19.3. The number of nitrogens with two attached hydrogens (primary N) is 1. The lowest BCUT2D eigenvalue weighted by Crippen LogP contribution is -2.03. The van der Waals surface area contributed by atoms with Crippen molar-refractivity contribution in [1.82, 2.24) is 0 Å². The molecule has 17 heavy (non-hydrogen) atoms. The number of ether oxygens (including phenoxy) is 1. The fourth-order valence-corrected chi connectivity index (χ4v) is 1.32. The molecule has 0 spiro atoms. The molecule has 1 aromatic carbocycles. The number of nitriles is 1. The van der Waals surface area contributed by atoms with Crippen molar-refractivity contribution in [2.24, 2.45) is 5.73 Å². The van der Waals surface area contributed by atoms with Crippen LogP contribution in [0.25, 0.3) is 5.70 Å². The van der Waals surface area contributed by atoms with Gasteiger partial charge in [-0.1, -0.05) is 6.92 Å². The van der Waals surface area contributed by atoms with E-state index in [-0.39, 0.29) is 5.75 Å². The Balaban J connectivity index is 2.96. The molecular weight excluding hydrogens is 226 g/mol. The van der Waals surface area contributed by atoms with Crippen LogP contribution in [-0.2, 0) is 0 Å². The van der Waals surface area contributed by atoms with Crippen molar-refractivity contribution in [3.05, 3.63) is 35.4 Å². The predicted octanol–water partition coefficient (Wildman–Crippen LogP) is 2.89. The van der Waals surface area contributed by atoms with Gasteiger partial charge < -0.3 is 10.5 Å². The van der Waals surface area contributed by atoms with Crippen molar-refractivity contribution in [3.63, 3.8) is 0 Å². The van der Waals surface area contributed by atoms with E-state index < -0.39 is 6.61 Å². The maximum absolute atomic E-state index is 11.9. The minimum Gasteiger partial charge on any atom is -0.435 e. The Bertz CT molecular complexity index is 447. The van der Waals surface area contributed by atoms with Crippen LogP contribution in [0.4, 0.5) is 8.78 Å². The summed E-state index contributed by atoms with van der Waals surface area (Å²) in [4.78, 5) is 0. The van der Waals surface area contributed by atoms with Gasteiger partial charge in [-0.05, 0) is 36.2 Å². The average molecular weight is 238 g/mol. The molecule has 0 radical (unpaired) electrons. The van der Waals surface area contributed by atoms with E-state index in [4.69, 9.17) is 11.0 Å². The molecule has 0 aromatic heterocycles. The SMILES string of the molecule is CC/C(C#N)=C(/N)c1ccc(OC(F)F)cc1. The fourth-order valence-electron chi connectivity index (χ4n) is 1.32. The molecule has 3 nitrogen and oxygen atoms in total. The van der Waals surface area contributed by atoms with Gasteiger partial charge in [-0.2, -0.15) is 14.0 Å². The number of rotatable bonds is 4. The topological polar surface area (TPSA) is 59.0 Å². The molecule has 0 atom stereocenters. The number of nitrogens with zero attached hydrogens (tertiary/aromatic N) is 1. The minimum absolute atomic E-state index is 0.0616. The van der Waals surface area contributed by atoms with Gasteiger partial charge in [0.2, 0.25) is 0 Å². The van der Waals surface area contributed by atoms with Gasteiger partial charge in [0, 0.05) is 0 Å². The van der Waals surface area contributed by atoms with Crippen molar-refractivity contribution in [3.8, 4) is 11.8 Å². The second-order valence-corrected chi connectivity index (χ2v) is 3.26. The fraction of sp³-hybridized carbons (Fsp3) is 0.250. The van der Waals surface area contributed by atoms with E-state index in [9.17, 15) is 8.78 Å². The van der Waals surface area contributed by atoms with E-state index in [1.54, 1.807) is 12.1 Å². The van der Waals surface area contributed by atoms with E-state index in [2.05, 4.69) is 4.74 Å². The third-order valence-electron chi connectivity index (χ3n) is 2.20. The number of allylic oxidation sites excluding steroid dienone is 1. The van der Waals surface area contributed by atoms with Crippen molar-refractivity contribution in [2.45, 2.75) is 20.0 Å². The van der Waals surface area contributed by atoms with Crippen LogP contribution in [0, 0.1) is 11.3 Å². The zero-order chi connectivity index (χ0) is 12.8. The summed E-state index contributed by atoms with van der Waals surface area (Å²) in [6.07, 6.45) is 0.525. The van der Waals surface area contributed by atoms with E-state index in [1.165, 1.54) is 12.1 Å². The van der Waals surface area contributed by atoms with Gasteiger partial charge in [0.05, 0.1) is 17.3 Å². The van der Waals surface area contributed by atoms with Crippen LogP contribution in [0.15, 0.2) is 29.8 Å². The van der Waals surface area contributed by atoms with E-state index in [1.807, 2.05) is 13.0 Å². The molecular formula is C12H12F2N2O. The monoisotopic (exact) mass is 238 g/mol. The first-order valence-electron chi connectivity index (χ1n) is 5.02. The molecule has 0 amide bonds. The van der Waals surface area contributed by atoms with Gasteiger partial charge in [0.25, 0.3) is 0 Å². The minimum atomic E-state index is -2.85. The zero-order valence-electron chi connectivity index (χ0n) is 9.28. The van der Waals surface area contributed by atoms with Gasteiger partial charge in [-0.25, -0.2) is 0 Å². The normalized spacial score (nSPS) is 11.9. The number of alkyl halides is 2. The smallest absolute Gasteiger partial charge is 0.387 e. The maximum Gasteiger partial charge on any atom is 0.387 e. The summed E-state index contributed by atoms with van der Waals surface area (Å²) in [5, 5.41) is 8.82. The molecule has 0 unspecified atom stereocenters. The van der Waals surface area contributed by atoms with Gasteiger partial charge in [0.1, 0.15) is 5.75 Å². The van der Waals surface area contributed by atoms with Crippen LogP contribution in [0.2, 0.25) is 0 Å². The number of hydrogen-bond acceptors (Lipinski definition) is 3. The molecule has 0 heterocycles. The summed E-state index contributed by atoms with van der Waals surface area (Å²) >= 11 is 0. The largest absolute Gasteiger partial charge is 0.435 e. The average Bonchev–Trinajstić information content (AvgIpc) is 2.30. The van der Waals surface area contributed by atoms with Crippen LogP contribution < -0.4 is 10.5 Å². The summed E-state index contributed by atoms with van der Waals surface area (Å²) in [6.45, 7) is -1.03. The molecule has 90 valence electrons. The van der Waals surface area contributed by atoms with Crippen LogP contribution >= 0.6 is 0 Å². The van der Waals surface area contributed by atoms with E-state index in [0.29, 0.717) is 23.3 Å². The molecule has 0 saturated heterocycles. The van der Waals surface area contributed by atoms with Gasteiger partial charge in [-0.3, -0.25) is 0 Å². The second kappa shape index (κ2) is 5.85. The molecule has 0 aliphatic carbocycles. The summed E-state index contributed by atoms with van der Waals surface area (Å²) in [5.41, 5.74) is 7.22. The Morgan fingerprint density at radius 1 is 1.41 bits per heavy atom. The molecule has 0 aliphatic rings. The molecule has 1 rings (SSSR count). The van der Waals surface area contributed by atoms with Crippen molar-refractivity contribution in [2.75, 3.05) is 0 Å². The van der Waals surface area contributed by atoms with Crippen molar-refractivity contribution in [1.29, 1.82) is 5.26 Å². The summed E-state index contributed by atoms with van der Waals surface area (Å²) in [6, 6.07) is 7.86. The molecule has 0 aliphatic heterocycles. The molecule has 0 saturated carbocycles. The maximum atomic E-state index is 11.9. The van der Waals surface area contributed by atoms with Crippen LogP contribution in [0.3, 0.4) is 0 Å². The van der Waals surface area contributed by atoms with Crippen molar-refractivity contribution >= 4 is 5.70 Å². The lowest BCUT2D eigenvalue weighted by atomic mass is 10.1. The molecule has 1 aromatic rings. The Labute approximate surface area is 98.1 Å². The third kappa shape index (κ3) is 3.45. The molecule has 2 N–H and O–H groups in total. The standard InChI is InChI=1S/C12H12F2N2O/c1-2-8(7-15)11(16)9-3-5-10(6-4-9)17-12(13)14/h3-6,12H,2,16H2,1H3/b11-8-. The van der Waals surface area contributed by atoms with Gasteiger partial charge in [0.15, 0.2) is 0 Å². The highest BCUT2D eigenvalue weighted by molar-refractivity contribution is 5.69. The summed E-state index contributed by atoms with van der Waals surface area (Å²) in [5.74, 6) is 0.0616. The third-order valence-corrected chi connectivity index (χ3v) is 2.20. The quantitative estimate of drug-likeness (QED) is 0.820. The Kier molecular flexibility index (Phi) is 4.46. The van der Waals surface area contributed by atoms with E-state index >= 15 is 0 Å². The number of halogens is 2. The number of hydrogen-bond donors (Lipinski definition) is 1. The van der Waals surface area contributed by atoms with Crippen LogP contribution in [0.5, 0.6) is 5.75 Å². The Hall–Kier alpha value is -2.09. The highest BCUT2D eigenvalue weighted by Gasteiger charge is 2.06. The van der Waals surface area contributed by atoms with E-state index in [0.717, 1.165) is 0 Å². The zero-order valence-corrected chi connectivity index (χ0v) is 9.28. The second-order valence-electron chi connectivity index (χ2n) is 3.26. The predicted molar refractivity (Wildman–Crippen MR) is 60.1 cm³/mol. The van der Waals surface area contributed by atoms with Gasteiger partial charge in [-0.15, -0.1) is 0 Å². The highest BCUT2D eigenvalue weighted by Crippen LogP contribution is 2.20. The van der Waals surface area contributed by atoms with Crippen LogP contribution in [0.1, 0.15) is 18.9 Å². The lowest BCUT2D eigenvalue weighted by Gasteiger charge is -2.07. The number of benzene rings is 1.